The molecule has 96 valence electrons. The summed E-state index contributed by atoms with van der Waals surface area (Å²) in [5, 5.41) is 3.37. The molecule has 0 amide bonds. The summed E-state index contributed by atoms with van der Waals surface area (Å²) in [7, 11) is 1.99. The fourth-order valence-corrected chi connectivity index (χ4v) is 2.44. The molecule has 0 spiro atoms. The molecule has 0 fully saturated rings. The average molecular weight is 302 g/mol. The lowest BCUT2D eigenvalue weighted by Gasteiger charge is -2.33. The second kappa shape index (κ2) is 5.96. The van der Waals surface area contributed by atoms with Crippen molar-refractivity contribution in [3.05, 3.63) is 34.1 Å². The van der Waals surface area contributed by atoms with Gasteiger partial charge in [0.1, 0.15) is 5.82 Å². The van der Waals surface area contributed by atoms with Gasteiger partial charge in [0.25, 0.3) is 0 Å². The minimum absolute atomic E-state index is 0.198. The van der Waals surface area contributed by atoms with Crippen LogP contribution in [0.1, 0.15) is 32.8 Å². The summed E-state index contributed by atoms with van der Waals surface area (Å²) in [6.45, 7) is 6.71. The van der Waals surface area contributed by atoms with Gasteiger partial charge in [0.15, 0.2) is 0 Å². The maximum absolute atomic E-state index is 13.0. The van der Waals surface area contributed by atoms with E-state index in [1.54, 1.807) is 0 Å². The summed E-state index contributed by atoms with van der Waals surface area (Å²) in [5.74, 6) is -0.198. The molecule has 0 aliphatic heterocycles. The molecule has 0 aliphatic rings. The van der Waals surface area contributed by atoms with Gasteiger partial charge in [0.2, 0.25) is 0 Å². The first-order valence-corrected chi connectivity index (χ1v) is 6.81. The lowest BCUT2D eigenvalue weighted by molar-refractivity contribution is 0.240. The van der Waals surface area contributed by atoms with Crippen molar-refractivity contribution in [2.45, 2.75) is 39.7 Å². The van der Waals surface area contributed by atoms with Crippen molar-refractivity contribution < 1.29 is 4.39 Å². The third-order valence-electron chi connectivity index (χ3n) is 3.64. The summed E-state index contributed by atoms with van der Waals surface area (Å²) < 4.78 is 13.9. The lowest BCUT2D eigenvalue weighted by Crippen LogP contribution is -2.41. The second-order valence-electron chi connectivity index (χ2n) is 5.12. The Morgan fingerprint density at radius 2 is 2.06 bits per heavy atom. The van der Waals surface area contributed by atoms with Gasteiger partial charge in [-0.1, -0.05) is 42.8 Å². The number of hydrogen-bond acceptors (Lipinski definition) is 1. The van der Waals surface area contributed by atoms with E-state index in [2.05, 4.69) is 42.0 Å². The van der Waals surface area contributed by atoms with Crippen molar-refractivity contribution in [3.63, 3.8) is 0 Å². The van der Waals surface area contributed by atoms with E-state index in [1.165, 1.54) is 12.1 Å². The van der Waals surface area contributed by atoms with Crippen molar-refractivity contribution in [3.8, 4) is 0 Å². The molecule has 0 heterocycles. The first-order valence-electron chi connectivity index (χ1n) is 6.02. The van der Waals surface area contributed by atoms with Gasteiger partial charge in [0, 0.05) is 10.5 Å². The highest BCUT2D eigenvalue weighted by Gasteiger charge is 2.26. The van der Waals surface area contributed by atoms with Crippen LogP contribution in [0.4, 0.5) is 4.39 Å². The third kappa shape index (κ3) is 3.78. The Bertz CT molecular complexity index is 376. The van der Waals surface area contributed by atoms with E-state index < -0.39 is 0 Å². The van der Waals surface area contributed by atoms with Crippen LogP contribution in [0.15, 0.2) is 22.7 Å². The minimum Gasteiger partial charge on any atom is -0.316 e. The highest BCUT2D eigenvalue weighted by Crippen LogP contribution is 2.29. The van der Waals surface area contributed by atoms with E-state index in [9.17, 15) is 4.39 Å². The zero-order chi connectivity index (χ0) is 13.1. The Labute approximate surface area is 112 Å². The van der Waals surface area contributed by atoms with Crippen molar-refractivity contribution in [2.75, 3.05) is 7.05 Å². The molecular formula is C14H21BrFN. The van der Waals surface area contributed by atoms with E-state index in [4.69, 9.17) is 0 Å². The SMILES string of the molecule is CCC(C)(C)C(Cc1ccc(F)cc1Br)NC. The van der Waals surface area contributed by atoms with Crippen LogP contribution in [0.5, 0.6) is 0 Å². The first kappa shape index (κ1) is 14.7. The molecule has 1 aromatic carbocycles. The molecule has 17 heavy (non-hydrogen) atoms. The number of nitrogens with one attached hydrogen (secondary N) is 1. The molecule has 0 aliphatic carbocycles. The Hall–Kier alpha value is -0.410. The highest BCUT2D eigenvalue weighted by atomic mass is 79.9. The summed E-state index contributed by atoms with van der Waals surface area (Å²) in [6, 6.07) is 5.29. The molecular weight excluding hydrogens is 281 g/mol. The molecule has 1 aromatic rings. The zero-order valence-electron chi connectivity index (χ0n) is 11.0. The van der Waals surface area contributed by atoms with Gasteiger partial charge in [-0.05, 0) is 43.0 Å². The standard InChI is InChI=1S/C14H21BrFN/c1-5-14(2,3)13(17-4)8-10-6-7-11(16)9-12(10)15/h6-7,9,13,17H,5,8H2,1-4H3. The molecule has 3 heteroatoms. The maximum Gasteiger partial charge on any atom is 0.124 e. The summed E-state index contributed by atoms with van der Waals surface area (Å²) in [6.07, 6.45) is 2.01. The lowest BCUT2D eigenvalue weighted by atomic mass is 9.79. The predicted octanol–water partition coefficient (Wildman–Crippen LogP) is 4.15. The molecule has 0 aromatic heterocycles. The number of hydrogen-bond donors (Lipinski definition) is 1. The molecule has 1 atom stereocenters. The zero-order valence-corrected chi connectivity index (χ0v) is 12.6. The van der Waals surface area contributed by atoms with Crippen molar-refractivity contribution in [1.29, 1.82) is 0 Å². The Kier molecular flexibility index (Phi) is 5.14. The van der Waals surface area contributed by atoms with Gasteiger partial charge >= 0.3 is 0 Å². The monoisotopic (exact) mass is 301 g/mol. The molecule has 0 bridgehead atoms. The minimum atomic E-state index is -0.198. The fourth-order valence-electron chi connectivity index (χ4n) is 1.92. The van der Waals surface area contributed by atoms with Gasteiger partial charge in [-0.25, -0.2) is 4.39 Å². The van der Waals surface area contributed by atoms with E-state index >= 15 is 0 Å². The molecule has 0 saturated carbocycles. The van der Waals surface area contributed by atoms with Crippen LogP contribution in [0.3, 0.4) is 0 Å². The van der Waals surface area contributed by atoms with Crippen LogP contribution in [-0.2, 0) is 6.42 Å². The molecule has 1 nitrogen and oxygen atoms in total. The first-order chi connectivity index (χ1) is 7.90. The smallest absolute Gasteiger partial charge is 0.124 e. The van der Waals surface area contributed by atoms with E-state index in [-0.39, 0.29) is 11.2 Å². The number of likely N-dealkylation sites (N-methyl/N-ethyl adjacent to an activating group) is 1. The highest BCUT2D eigenvalue weighted by molar-refractivity contribution is 9.10. The van der Waals surface area contributed by atoms with Crippen LogP contribution < -0.4 is 5.32 Å². The molecule has 1 unspecified atom stereocenters. The van der Waals surface area contributed by atoms with Gasteiger partial charge < -0.3 is 5.32 Å². The Morgan fingerprint density at radius 3 is 2.53 bits per heavy atom. The van der Waals surface area contributed by atoms with E-state index in [1.807, 2.05) is 13.1 Å². The fraction of sp³-hybridized carbons (Fsp3) is 0.571. The van der Waals surface area contributed by atoms with E-state index in [0.29, 0.717) is 6.04 Å². The van der Waals surface area contributed by atoms with Gasteiger partial charge in [-0.15, -0.1) is 0 Å². The number of halogens is 2. The maximum atomic E-state index is 13.0. The summed E-state index contributed by atoms with van der Waals surface area (Å²) in [5.41, 5.74) is 1.37. The van der Waals surface area contributed by atoms with Gasteiger partial charge in [0.05, 0.1) is 0 Å². The topological polar surface area (TPSA) is 12.0 Å². The summed E-state index contributed by atoms with van der Waals surface area (Å²) in [4.78, 5) is 0. The van der Waals surface area contributed by atoms with Crippen LogP contribution in [0.25, 0.3) is 0 Å². The van der Waals surface area contributed by atoms with Crippen molar-refractivity contribution in [2.24, 2.45) is 5.41 Å². The van der Waals surface area contributed by atoms with Crippen LogP contribution in [0, 0.1) is 11.2 Å². The third-order valence-corrected chi connectivity index (χ3v) is 4.38. The second-order valence-corrected chi connectivity index (χ2v) is 5.98. The van der Waals surface area contributed by atoms with Crippen molar-refractivity contribution >= 4 is 15.9 Å². The quantitative estimate of drug-likeness (QED) is 0.861. The van der Waals surface area contributed by atoms with Crippen LogP contribution in [0.2, 0.25) is 0 Å². The van der Waals surface area contributed by atoms with Gasteiger partial charge in [-0.2, -0.15) is 0 Å². The van der Waals surface area contributed by atoms with Crippen molar-refractivity contribution in [1.82, 2.24) is 5.32 Å². The average Bonchev–Trinajstić information content (AvgIpc) is 2.27. The number of benzene rings is 1. The van der Waals surface area contributed by atoms with Crippen LogP contribution >= 0.6 is 15.9 Å². The largest absolute Gasteiger partial charge is 0.316 e. The predicted molar refractivity (Wildman–Crippen MR) is 74.7 cm³/mol. The normalized spacial score (nSPS) is 13.8. The molecule has 0 radical (unpaired) electrons. The van der Waals surface area contributed by atoms with Gasteiger partial charge in [-0.3, -0.25) is 0 Å². The summed E-state index contributed by atoms with van der Waals surface area (Å²) >= 11 is 3.43. The Balaban J connectivity index is 2.88. The number of rotatable bonds is 5. The molecule has 1 N–H and O–H groups in total. The molecule has 0 saturated heterocycles. The van der Waals surface area contributed by atoms with E-state index in [0.717, 1.165) is 22.9 Å². The van der Waals surface area contributed by atoms with Crippen LogP contribution in [-0.4, -0.2) is 13.1 Å². The molecule has 1 rings (SSSR count). The Morgan fingerprint density at radius 1 is 1.41 bits per heavy atom.